The highest BCUT2D eigenvalue weighted by molar-refractivity contribution is 7.10. The minimum Gasteiger partial charge on any atom is -0.370 e. The first-order valence-electron chi connectivity index (χ1n) is 8.80. The van der Waals surface area contributed by atoms with E-state index in [2.05, 4.69) is 51.3 Å². The third-order valence-corrected chi connectivity index (χ3v) is 5.69. The van der Waals surface area contributed by atoms with Gasteiger partial charge in [-0.2, -0.15) is 0 Å². The van der Waals surface area contributed by atoms with Gasteiger partial charge in [-0.1, -0.05) is 6.07 Å². The van der Waals surface area contributed by atoms with E-state index < -0.39 is 0 Å². The predicted molar refractivity (Wildman–Crippen MR) is 107 cm³/mol. The Kier molecular flexibility index (Phi) is 6.11. The van der Waals surface area contributed by atoms with Gasteiger partial charge in [-0.15, -0.1) is 11.3 Å². The predicted octanol–water partition coefficient (Wildman–Crippen LogP) is 2.63. The number of aliphatic imine (C=N–C) groups is 1. The van der Waals surface area contributed by atoms with Gasteiger partial charge in [0, 0.05) is 36.7 Å². The maximum absolute atomic E-state index is 13.1. The van der Waals surface area contributed by atoms with E-state index in [1.165, 1.54) is 17.0 Å². The van der Waals surface area contributed by atoms with Crippen LogP contribution in [0.1, 0.15) is 10.9 Å². The molecule has 1 unspecified atom stereocenters. The molecule has 7 heteroatoms. The monoisotopic (exact) mass is 375 g/mol. The van der Waals surface area contributed by atoms with Crippen molar-refractivity contribution in [2.24, 2.45) is 10.7 Å². The number of rotatable bonds is 5. The van der Waals surface area contributed by atoms with Gasteiger partial charge in [0.15, 0.2) is 5.96 Å². The number of halogens is 1. The lowest BCUT2D eigenvalue weighted by molar-refractivity contribution is 0.308. The number of hydrogen-bond donors (Lipinski definition) is 1. The average molecular weight is 376 g/mol. The number of anilines is 1. The first-order chi connectivity index (χ1) is 12.5. The number of guanidine groups is 1. The zero-order valence-electron chi connectivity index (χ0n) is 15.3. The summed E-state index contributed by atoms with van der Waals surface area (Å²) in [4.78, 5) is 12.5. The van der Waals surface area contributed by atoms with Crippen molar-refractivity contribution in [3.63, 3.8) is 0 Å². The standard InChI is InChI=1S/C19H26FN5S/c1-23(2)17(18-4-3-13-26-18)14-22-19(21)25-11-9-24(10-12-25)16-7-5-15(20)6-8-16/h3-8,13,17H,9-12,14H2,1-2H3,(H2,21,22). The maximum Gasteiger partial charge on any atom is 0.191 e. The number of likely N-dealkylation sites (N-methyl/N-ethyl adjacent to an activating group) is 1. The van der Waals surface area contributed by atoms with E-state index in [0.29, 0.717) is 12.5 Å². The van der Waals surface area contributed by atoms with Crippen LogP contribution in [-0.4, -0.2) is 62.6 Å². The number of hydrogen-bond acceptors (Lipinski definition) is 4. The van der Waals surface area contributed by atoms with Crippen molar-refractivity contribution < 1.29 is 4.39 Å². The van der Waals surface area contributed by atoms with Crippen LogP contribution >= 0.6 is 11.3 Å². The zero-order valence-corrected chi connectivity index (χ0v) is 16.1. The Morgan fingerprint density at radius 2 is 1.88 bits per heavy atom. The highest BCUT2D eigenvalue weighted by Gasteiger charge is 2.20. The van der Waals surface area contributed by atoms with Gasteiger partial charge in [0.25, 0.3) is 0 Å². The molecule has 5 nitrogen and oxygen atoms in total. The van der Waals surface area contributed by atoms with Crippen molar-refractivity contribution >= 4 is 23.0 Å². The Hall–Kier alpha value is -2.12. The Morgan fingerprint density at radius 1 is 1.19 bits per heavy atom. The van der Waals surface area contributed by atoms with Crippen molar-refractivity contribution in [2.75, 3.05) is 51.7 Å². The molecular formula is C19H26FN5S. The molecule has 0 radical (unpaired) electrons. The molecular weight excluding hydrogens is 349 g/mol. The van der Waals surface area contributed by atoms with E-state index >= 15 is 0 Å². The highest BCUT2D eigenvalue weighted by atomic mass is 32.1. The number of benzene rings is 1. The smallest absolute Gasteiger partial charge is 0.191 e. The molecule has 140 valence electrons. The Labute approximate surface area is 158 Å². The lowest BCUT2D eigenvalue weighted by Gasteiger charge is -2.36. The van der Waals surface area contributed by atoms with E-state index in [9.17, 15) is 4.39 Å². The Morgan fingerprint density at radius 3 is 2.46 bits per heavy atom. The second-order valence-electron chi connectivity index (χ2n) is 6.64. The molecule has 1 fully saturated rings. The maximum atomic E-state index is 13.1. The lowest BCUT2D eigenvalue weighted by Crippen LogP contribution is -2.51. The lowest BCUT2D eigenvalue weighted by atomic mass is 10.2. The van der Waals surface area contributed by atoms with Crippen LogP contribution in [0.3, 0.4) is 0 Å². The molecule has 2 heterocycles. The molecule has 2 N–H and O–H groups in total. The average Bonchev–Trinajstić information content (AvgIpc) is 3.16. The second-order valence-corrected chi connectivity index (χ2v) is 7.62. The van der Waals surface area contributed by atoms with E-state index in [-0.39, 0.29) is 11.9 Å². The summed E-state index contributed by atoms with van der Waals surface area (Å²) in [6, 6.07) is 11.1. The van der Waals surface area contributed by atoms with Crippen LogP contribution in [0.2, 0.25) is 0 Å². The molecule has 1 aromatic carbocycles. The van der Waals surface area contributed by atoms with Gasteiger partial charge in [-0.3, -0.25) is 4.99 Å². The van der Waals surface area contributed by atoms with Crippen molar-refractivity contribution in [1.82, 2.24) is 9.80 Å². The molecule has 3 rings (SSSR count). The summed E-state index contributed by atoms with van der Waals surface area (Å²) in [5.74, 6) is 0.400. The minimum atomic E-state index is -0.204. The summed E-state index contributed by atoms with van der Waals surface area (Å²) in [7, 11) is 4.13. The van der Waals surface area contributed by atoms with Gasteiger partial charge in [0.2, 0.25) is 0 Å². The summed E-state index contributed by atoms with van der Waals surface area (Å²) in [5, 5.41) is 2.09. The number of piperazine rings is 1. The van der Waals surface area contributed by atoms with Gasteiger partial charge in [0.1, 0.15) is 5.82 Å². The molecule has 0 amide bonds. The summed E-state index contributed by atoms with van der Waals surface area (Å²) in [6.45, 7) is 3.99. The van der Waals surface area contributed by atoms with Crippen LogP contribution in [0.15, 0.2) is 46.8 Å². The van der Waals surface area contributed by atoms with Crippen molar-refractivity contribution in [3.8, 4) is 0 Å². The van der Waals surface area contributed by atoms with Gasteiger partial charge in [-0.25, -0.2) is 4.39 Å². The Balaban J connectivity index is 1.56. The molecule has 1 aromatic heterocycles. The zero-order chi connectivity index (χ0) is 18.5. The molecule has 0 saturated carbocycles. The number of nitrogens with two attached hydrogens (primary N) is 1. The second kappa shape index (κ2) is 8.51. The van der Waals surface area contributed by atoms with Gasteiger partial charge >= 0.3 is 0 Å². The van der Waals surface area contributed by atoms with Crippen molar-refractivity contribution in [1.29, 1.82) is 0 Å². The molecule has 1 aliphatic rings. The van der Waals surface area contributed by atoms with Crippen molar-refractivity contribution in [3.05, 3.63) is 52.5 Å². The first kappa shape index (κ1) is 18.7. The minimum absolute atomic E-state index is 0.204. The fourth-order valence-electron chi connectivity index (χ4n) is 3.11. The number of nitrogens with zero attached hydrogens (tertiary/aromatic N) is 4. The molecule has 0 aliphatic carbocycles. The fourth-order valence-corrected chi connectivity index (χ4v) is 4.03. The van der Waals surface area contributed by atoms with Crippen LogP contribution in [0.25, 0.3) is 0 Å². The third-order valence-electron chi connectivity index (χ3n) is 4.72. The molecule has 26 heavy (non-hydrogen) atoms. The van der Waals surface area contributed by atoms with Crippen LogP contribution in [-0.2, 0) is 0 Å². The van der Waals surface area contributed by atoms with E-state index in [0.717, 1.165) is 31.9 Å². The first-order valence-corrected chi connectivity index (χ1v) is 9.68. The molecule has 1 atom stereocenters. The summed E-state index contributed by atoms with van der Waals surface area (Å²) >= 11 is 1.75. The molecule has 1 aliphatic heterocycles. The largest absolute Gasteiger partial charge is 0.370 e. The van der Waals surface area contributed by atoms with Gasteiger partial charge < -0.3 is 20.4 Å². The van der Waals surface area contributed by atoms with Crippen LogP contribution in [0.5, 0.6) is 0 Å². The summed E-state index contributed by atoms with van der Waals surface area (Å²) in [5.41, 5.74) is 7.30. The van der Waals surface area contributed by atoms with Crippen LogP contribution < -0.4 is 10.6 Å². The molecule has 0 bridgehead atoms. The summed E-state index contributed by atoms with van der Waals surface area (Å²) in [6.07, 6.45) is 0. The third kappa shape index (κ3) is 4.53. The van der Waals surface area contributed by atoms with E-state index in [1.54, 1.807) is 11.3 Å². The molecule has 0 spiro atoms. The Bertz CT molecular complexity index is 706. The quantitative estimate of drug-likeness (QED) is 0.645. The number of thiophene rings is 1. The normalized spacial score (nSPS) is 17.0. The van der Waals surface area contributed by atoms with Gasteiger partial charge in [0.05, 0.1) is 12.6 Å². The molecule has 2 aromatic rings. The SMILES string of the molecule is CN(C)C(CN=C(N)N1CCN(c2ccc(F)cc2)CC1)c1cccs1. The van der Waals surface area contributed by atoms with Crippen LogP contribution in [0, 0.1) is 5.82 Å². The van der Waals surface area contributed by atoms with E-state index in [4.69, 9.17) is 5.73 Å². The van der Waals surface area contributed by atoms with Crippen LogP contribution in [0.4, 0.5) is 10.1 Å². The van der Waals surface area contributed by atoms with Gasteiger partial charge in [-0.05, 0) is 49.8 Å². The topological polar surface area (TPSA) is 48.1 Å². The highest BCUT2D eigenvalue weighted by Crippen LogP contribution is 2.23. The fraction of sp³-hybridized carbons (Fsp3) is 0.421. The summed E-state index contributed by atoms with van der Waals surface area (Å²) < 4.78 is 13.1. The van der Waals surface area contributed by atoms with E-state index in [1.807, 2.05) is 12.1 Å². The van der Waals surface area contributed by atoms with Crippen molar-refractivity contribution in [2.45, 2.75) is 6.04 Å². The molecule has 1 saturated heterocycles.